The normalized spacial score (nSPS) is 10.9. The van der Waals surface area contributed by atoms with Gasteiger partial charge in [-0.1, -0.05) is 30.3 Å². The average molecular weight is 246 g/mol. The summed E-state index contributed by atoms with van der Waals surface area (Å²) in [6, 6.07) is 8.32. The molecule has 0 radical (unpaired) electrons. The Labute approximate surface area is 105 Å². The number of Topliss-reactive ketones (excluding diaryl/α,β-unsaturated/α-hetero) is 2. The van der Waals surface area contributed by atoms with Crippen molar-refractivity contribution in [3.05, 3.63) is 47.5 Å². The number of benzene rings is 1. The lowest BCUT2D eigenvalue weighted by molar-refractivity contribution is -0.137. The SMILES string of the molecule is CCOC(=O)/C=C(\C(C)=O)C(=O)c1ccccc1. The minimum Gasteiger partial charge on any atom is -0.463 e. The number of esters is 1. The van der Waals surface area contributed by atoms with Crippen molar-refractivity contribution in [3.63, 3.8) is 0 Å². The maximum absolute atomic E-state index is 12.0. The van der Waals surface area contributed by atoms with Crippen molar-refractivity contribution in [2.45, 2.75) is 13.8 Å². The van der Waals surface area contributed by atoms with Crippen molar-refractivity contribution >= 4 is 17.5 Å². The van der Waals surface area contributed by atoms with Gasteiger partial charge in [0.05, 0.1) is 12.2 Å². The van der Waals surface area contributed by atoms with Crippen molar-refractivity contribution in [2.24, 2.45) is 0 Å². The van der Waals surface area contributed by atoms with Crippen LogP contribution in [0.1, 0.15) is 24.2 Å². The van der Waals surface area contributed by atoms with Gasteiger partial charge in [0, 0.05) is 11.6 Å². The Hall–Kier alpha value is -2.23. The zero-order chi connectivity index (χ0) is 13.5. The molecule has 4 heteroatoms. The van der Waals surface area contributed by atoms with Crippen LogP contribution in [0.3, 0.4) is 0 Å². The lowest BCUT2D eigenvalue weighted by Gasteiger charge is -2.03. The van der Waals surface area contributed by atoms with E-state index < -0.39 is 17.5 Å². The highest BCUT2D eigenvalue weighted by atomic mass is 16.5. The van der Waals surface area contributed by atoms with Crippen LogP contribution >= 0.6 is 0 Å². The molecule has 0 saturated heterocycles. The predicted octanol–water partition coefficient (Wildman–Crippen LogP) is 1.95. The third kappa shape index (κ3) is 3.66. The number of hydrogen-bond acceptors (Lipinski definition) is 4. The van der Waals surface area contributed by atoms with Crippen LogP contribution in [0, 0.1) is 0 Å². The minimum atomic E-state index is -0.688. The molecule has 0 aromatic heterocycles. The second-order valence-electron chi connectivity index (χ2n) is 3.56. The second kappa shape index (κ2) is 6.49. The Balaban J connectivity index is 3.04. The Kier molecular flexibility index (Phi) is 4.99. The Morgan fingerprint density at radius 3 is 2.28 bits per heavy atom. The fourth-order valence-corrected chi connectivity index (χ4v) is 1.37. The number of allylic oxidation sites excluding steroid dienone is 1. The topological polar surface area (TPSA) is 60.4 Å². The molecule has 0 bridgehead atoms. The summed E-state index contributed by atoms with van der Waals surface area (Å²) in [6.45, 7) is 3.09. The summed E-state index contributed by atoms with van der Waals surface area (Å²) in [4.78, 5) is 34.7. The van der Waals surface area contributed by atoms with Gasteiger partial charge in [0.2, 0.25) is 0 Å². The molecule has 0 aliphatic heterocycles. The number of carbonyl (C=O) groups is 3. The van der Waals surface area contributed by atoms with Gasteiger partial charge in [-0.05, 0) is 13.8 Å². The molecule has 0 fully saturated rings. The van der Waals surface area contributed by atoms with Crippen LogP contribution in [0.15, 0.2) is 42.0 Å². The summed E-state index contributed by atoms with van der Waals surface area (Å²) in [5.41, 5.74) is 0.197. The maximum atomic E-state index is 12.0. The quantitative estimate of drug-likeness (QED) is 0.262. The van der Waals surface area contributed by atoms with E-state index in [-0.39, 0.29) is 12.2 Å². The zero-order valence-electron chi connectivity index (χ0n) is 10.3. The van der Waals surface area contributed by atoms with Gasteiger partial charge in [-0.25, -0.2) is 4.79 Å². The average Bonchev–Trinajstić information content (AvgIpc) is 2.36. The summed E-state index contributed by atoms with van der Waals surface area (Å²) in [6.07, 6.45) is 0.946. The first-order valence-corrected chi connectivity index (χ1v) is 5.55. The van der Waals surface area contributed by atoms with Crippen LogP contribution in [-0.2, 0) is 14.3 Å². The molecule has 0 saturated carbocycles. The number of ketones is 2. The lowest BCUT2D eigenvalue weighted by atomic mass is 10.0. The molecule has 94 valence electrons. The van der Waals surface area contributed by atoms with E-state index in [4.69, 9.17) is 0 Å². The molecule has 0 atom stereocenters. The van der Waals surface area contributed by atoms with Crippen molar-refractivity contribution in [3.8, 4) is 0 Å². The third-order valence-corrected chi connectivity index (χ3v) is 2.21. The lowest BCUT2D eigenvalue weighted by Crippen LogP contribution is -2.13. The van der Waals surface area contributed by atoms with E-state index in [1.165, 1.54) is 6.92 Å². The van der Waals surface area contributed by atoms with Gasteiger partial charge in [0.25, 0.3) is 0 Å². The van der Waals surface area contributed by atoms with E-state index in [0.717, 1.165) is 6.08 Å². The molecule has 1 rings (SSSR count). The fraction of sp³-hybridized carbons (Fsp3) is 0.214. The van der Waals surface area contributed by atoms with Crippen LogP contribution in [0.2, 0.25) is 0 Å². The first-order chi connectivity index (χ1) is 8.56. The van der Waals surface area contributed by atoms with Gasteiger partial charge in [0.1, 0.15) is 0 Å². The van der Waals surface area contributed by atoms with Crippen LogP contribution in [0.5, 0.6) is 0 Å². The molecular weight excluding hydrogens is 232 g/mol. The molecule has 1 aromatic carbocycles. The smallest absolute Gasteiger partial charge is 0.331 e. The summed E-state index contributed by atoms with van der Waals surface area (Å²) < 4.78 is 4.69. The van der Waals surface area contributed by atoms with Gasteiger partial charge < -0.3 is 4.74 Å². The van der Waals surface area contributed by atoms with Crippen LogP contribution in [0.4, 0.5) is 0 Å². The molecule has 4 nitrogen and oxygen atoms in total. The zero-order valence-corrected chi connectivity index (χ0v) is 10.3. The molecule has 0 spiro atoms. The maximum Gasteiger partial charge on any atom is 0.331 e. The molecule has 0 N–H and O–H groups in total. The van der Waals surface area contributed by atoms with E-state index in [0.29, 0.717) is 5.56 Å². The monoisotopic (exact) mass is 246 g/mol. The molecule has 18 heavy (non-hydrogen) atoms. The summed E-state index contributed by atoms with van der Waals surface area (Å²) in [7, 11) is 0. The second-order valence-corrected chi connectivity index (χ2v) is 3.56. The molecule has 0 aliphatic carbocycles. The fourth-order valence-electron chi connectivity index (χ4n) is 1.37. The van der Waals surface area contributed by atoms with E-state index in [1.54, 1.807) is 37.3 Å². The molecular formula is C14H14O4. The standard InChI is InChI=1S/C14H14O4/c1-3-18-13(16)9-12(10(2)15)14(17)11-7-5-4-6-8-11/h4-9H,3H2,1-2H3/b12-9+. The Morgan fingerprint density at radius 1 is 1.17 bits per heavy atom. The van der Waals surface area contributed by atoms with Crippen molar-refractivity contribution in [1.82, 2.24) is 0 Å². The highest BCUT2D eigenvalue weighted by Crippen LogP contribution is 2.09. The molecule has 0 aliphatic rings. The van der Waals surface area contributed by atoms with Crippen LogP contribution in [-0.4, -0.2) is 24.1 Å². The predicted molar refractivity (Wildman–Crippen MR) is 66.2 cm³/mol. The van der Waals surface area contributed by atoms with Gasteiger partial charge in [-0.3, -0.25) is 9.59 Å². The summed E-state index contributed by atoms with van der Waals surface area (Å²) in [5.74, 6) is -1.62. The molecule has 0 amide bonds. The van der Waals surface area contributed by atoms with Gasteiger partial charge in [0.15, 0.2) is 11.6 Å². The Morgan fingerprint density at radius 2 is 1.78 bits per heavy atom. The molecule has 0 unspecified atom stereocenters. The van der Waals surface area contributed by atoms with E-state index >= 15 is 0 Å². The number of rotatable bonds is 5. The highest BCUT2D eigenvalue weighted by molar-refractivity contribution is 6.27. The van der Waals surface area contributed by atoms with Gasteiger partial charge in [-0.15, -0.1) is 0 Å². The summed E-state index contributed by atoms with van der Waals surface area (Å²) in [5, 5.41) is 0. The largest absolute Gasteiger partial charge is 0.463 e. The summed E-state index contributed by atoms with van der Waals surface area (Å²) >= 11 is 0. The molecule has 0 heterocycles. The van der Waals surface area contributed by atoms with Gasteiger partial charge in [-0.2, -0.15) is 0 Å². The van der Waals surface area contributed by atoms with Crippen molar-refractivity contribution < 1.29 is 19.1 Å². The number of carbonyl (C=O) groups excluding carboxylic acids is 3. The Bertz CT molecular complexity index is 486. The van der Waals surface area contributed by atoms with E-state index in [1.807, 2.05) is 0 Å². The molecule has 1 aromatic rings. The van der Waals surface area contributed by atoms with E-state index in [2.05, 4.69) is 4.74 Å². The number of ether oxygens (including phenoxy) is 1. The van der Waals surface area contributed by atoms with Gasteiger partial charge >= 0.3 is 5.97 Å². The van der Waals surface area contributed by atoms with Crippen molar-refractivity contribution in [1.29, 1.82) is 0 Å². The minimum absolute atomic E-state index is 0.167. The van der Waals surface area contributed by atoms with Crippen molar-refractivity contribution in [2.75, 3.05) is 6.61 Å². The van der Waals surface area contributed by atoms with Crippen LogP contribution in [0.25, 0.3) is 0 Å². The van der Waals surface area contributed by atoms with E-state index in [9.17, 15) is 14.4 Å². The third-order valence-electron chi connectivity index (χ3n) is 2.21. The first-order valence-electron chi connectivity index (χ1n) is 5.55. The first kappa shape index (κ1) is 13.8. The number of hydrogen-bond donors (Lipinski definition) is 0. The highest BCUT2D eigenvalue weighted by Gasteiger charge is 2.18. The van der Waals surface area contributed by atoms with Crippen LogP contribution < -0.4 is 0 Å².